The van der Waals surface area contributed by atoms with E-state index in [-0.39, 0.29) is 6.23 Å². The summed E-state index contributed by atoms with van der Waals surface area (Å²) in [7, 11) is 0. The van der Waals surface area contributed by atoms with Crippen LogP contribution >= 0.6 is 0 Å². The van der Waals surface area contributed by atoms with E-state index in [1.54, 1.807) is 0 Å². The van der Waals surface area contributed by atoms with E-state index in [0.29, 0.717) is 0 Å². The molecule has 2 aromatic rings. The topological polar surface area (TPSA) is 34.1 Å². The van der Waals surface area contributed by atoms with Crippen LogP contribution in [0.5, 0.6) is 5.75 Å². The van der Waals surface area contributed by atoms with Crippen LogP contribution in [0.1, 0.15) is 12.5 Å². The summed E-state index contributed by atoms with van der Waals surface area (Å²) in [5.41, 5.74) is 4.48. The lowest BCUT2D eigenvalue weighted by atomic mass is 10.1. The Bertz CT molecular complexity index is 566. The molecule has 3 nitrogen and oxygen atoms in total. The zero-order chi connectivity index (χ0) is 11.8. The zero-order valence-corrected chi connectivity index (χ0v) is 9.90. The average molecular weight is 226 g/mol. The van der Waals surface area contributed by atoms with Crippen LogP contribution in [0.3, 0.4) is 0 Å². The van der Waals surface area contributed by atoms with E-state index >= 15 is 0 Å². The van der Waals surface area contributed by atoms with E-state index in [4.69, 9.17) is 4.74 Å². The van der Waals surface area contributed by atoms with Gasteiger partial charge in [-0.1, -0.05) is 6.07 Å². The number of ether oxygens (including phenoxy) is 1. The molecule has 1 aliphatic heterocycles. The number of aryl methyl sites for hydroxylation is 1. The highest BCUT2D eigenvalue weighted by atomic mass is 16.5. The van der Waals surface area contributed by atoms with E-state index in [1.165, 1.54) is 0 Å². The Morgan fingerprint density at radius 1 is 1.18 bits per heavy atom. The molecule has 3 heteroatoms. The van der Waals surface area contributed by atoms with Gasteiger partial charge in [0.1, 0.15) is 5.75 Å². The van der Waals surface area contributed by atoms with E-state index in [2.05, 4.69) is 34.6 Å². The molecule has 1 aromatic heterocycles. The maximum absolute atomic E-state index is 5.67. The van der Waals surface area contributed by atoms with Gasteiger partial charge in [0.2, 0.25) is 0 Å². The molecule has 0 aliphatic carbocycles. The first kappa shape index (κ1) is 10.1. The van der Waals surface area contributed by atoms with Crippen LogP contribution in [0.4, 0.5) is 5.69 Å². The van der Waals surface area contributed by atoms with E-state index in [9.17, 15) is 0 Å². The number of nitrogens with one attached hydrogen (secondary N) is 1. The molecule has 2 heterocycles. The first-order valence-electron chi connectivity index (χ1n) is 5.71. The van der Waals surface area contributed by atoms with E-state index < -0.39 is 0 Å². The molecule has 0 amide bonds. The van der Waals surface area contributed by atoms with Gasteiger partial charge in [-0.25, -0.2) is 0 Å². The molecule has 0 bridgehead atoms. The number of aromatic nitrogens is 1. The van der Waals surface area contributed by atoms with Crippen molar-refractivity contribution in [1.29, 1.82) is 0 Å². The van der Waals surface area contributed by atoms with Crippen molar-refractivity contribution >= 4 is 5.69 Å². The molecule has 1 aromatic carbocycles. The summed E-state index contributed by atoms with van der Waals surface area (Å²) in [4.78, 5) is 4.21. The van der Waals surface area contributed by atoms with Gasteiger partial charge in [0, 0.05) is 18.0 Å². The fraction of sp³-hybridized carbons (Fsp3) is 0.214. The average Bonchev–Trinajstić information content (AvgIpc) is 2.68. The Morgan fingerprint density at radius 2 is 2.06 bits per heavy atom. The summed E-state index contributed by atoms with van der Waals surface area (Å²) < 4.78 is 5.67. The summed E-state index contributed by atoms with van der Waals surface area (Å²) in [5.74, 6) is 0.913. The van der Waals surface area contributed by atoms with Gasteiger partial charge >= 0.3 is 0 Å². The highest BCUT2D eigenvalue weighted by molar-refractivity contribution is 5.72. The quantitative estimate of drug-likeness (QED) is 0.810. The van der Waals surface area contributed by atoms with Crippen molar-refractivity contribution in [1.82, 2.24) is 4.98 Å². The second-order valence-corrected chi connectivity index (χ2v) is 4.37. The number of hydrogen-bond acceptors (Lipinski definition) is 3. The Hall–Kier alpha value is -2.03. The van der Waals surface area contributed by atoms with Crippen LogP contribution in [0.2, 0.25) is 0 Å². The highest BCUT2D eigenvalue weighted by Gasteiger charge is 2.17. The van der Waals surface area contributed by atoms with Crippen molar-refractivity contribution in [3.8, 4) is 16.9 Å². The van der Waals surface area contributed by atoms with E-state index in [0.717, 1.165) is 28.1 Å². The predicted octanol–water partition coefficient (Wildman–Crippen LogP) is 3.21. The lowest BCUT2D eigenvalue weighted by Gasteiger charge is -2.04. The Balaban J connectivity index is 2.03. The lowest BCUT2D eigenvalue weighted by molar-refractivity contribution is 0.275. The van der Waals surface area contributed by atoms with Crippen LogP contribution < -0.4 is 10.1 Å². The van der Waals surface area contributed by atoms with Crippen molar-refractivity contribution in [2.45, 2.75) is 20.1 Å². The van der Waals surface area contributed by atoms with E-state index in [1.807, 2.05) is 26.2 Å². The number of fused-ring (bicyclic) bond motifs is 1. The predicted molar refractivity (Wildman–Crippen MR) is 68.1 cm³/mol. The summed E-state index contributed by atoms with van der Waals surface area (Å²) in [6, 6.07) is 8.32. The van der Waals surface area contributed by atoms with Gasteiger partial charge in [-0.05, 0) is 43.2 Å². The third-order valence-electron chi connectivity index (χ3n) is 2.85. The number of rotatable bonds is 1. The molecule has 86 valence electrons. The normalized spacial score (nSPS) is 17.2. The van der Waals surface area contributed by atoms with Gasteiger partial charge in [-0.3, -0.25) is 4.98 Å². The minimum Gasteiger partial charge on any atom is -0.469 e. The maximum Gasteiger partial charge on any atom is 0.167 e. The minimum absolute atomic E-state index is 0.0517. The fourth-order valence-corrected chi connectivity index (χ4v) is 2.07. The van der Waals surface area contributed by atoms with Crippen molar-refractivity contribution < 1.29 is 4.74 Å². The molecule has 1 atom stereocenters. The third kappa shape index (κ3) is 1.84. The second-order valence-electron chi connectivity index (χ2n) is 4.37. The molecule has 0 saturated heterocycles. The molecule has 0 fully saturated rings. The number of hydrogen-bond donors (Lipinski definition) is 1. The molecule has 0 radical (unpaired) electrons. The number of pyridine rings is 1. The maximum atomic E-state index is 5.67. The molecular weight excluding hydrogens is 212 g/mol. The number of anilines is 1. The summed E-state index contributed by atoms with van der Waals surface area (Å²) in [6.45, 7) is 4.04. The van der Waals surface area contributed by atoms with Gasteiger partial charge in [0.15, 0.2) is 6.23 Å². The molecular formula is C14H14N2O. The van der Waals surface area contributed by atoms with Crippen molar-refractivity contribution in [2.75, 3.05) is 5.32 Å². The molecule has 1 unspecified atom stereocenters. The summed E-state index contributed by atoms with van der Waals surface area (Å²) in [5, 5.41) is 3.25. The standard InChI is InChI=1S/C14H14N2O/c1-9-5-12(8-15-7-9)11-3-4-13-14(6-11)17-10(2)16-13/h3-8,10,16H,1-2H3. The SMILES string of the molecule is Cc1cncc(-c2ccc3c(c2)OC(C)N3)c1. The first-order valence-corrected chi connectivity index (χ1v) is 5.71. The van der Waals surface area contributed by atoms with Gasteiger partial charge in [-0.15, -0.1) is 0 Å². The van der Waals surface area contributed by atoms with Crippen LogP contribution in [0.15, 0.2) is 36.7 Å². The first-order chi connectivity index (χ1) is 8.22. The molecule has 1 aliphatic rings. The van der Waals surface area contributed by atoms with Crippen molar-refractivity contribution in [2.24, 2.45) is 0 Å². The molecule has 1 N–H and O–H groups in total. The summed E-state index contributed by atoms with van der Waals surface area (Å²) in [6.07, 6.45) is 3.79. The fourth-order valence-electron chi connectivity index (χ4n) is 2.07. The largest absolute Gasteiger partial charge is 0.469 e. The van der Waals surface area contributed by atoms with Crippen molar-refractivity contribution in [3.63, 3.8) is 0 Å². The van der Waals surface area contributed by atoms with Crippen LogP contribution in [-0.2, 0) is 0 Å². The van der Waals surface area contributed by atoms with Crippen LogP contribution in [0, 0.1) is 6.92 Å². The Morgan fingerprint density at radius 3 is 2.88 bits per heavy atom. The molecule has 3 rings (SSSR count). The molecule has 17 heavy (non-hydrogen) atoms. The second kappa shape index (κ2) is 3.77. The number of nitrogens with zero attached hydrogens (tertiary/aromatic N) is 1. The van der Waals surface area contributed by atoms with Gasteiger partial charge in [-0.2, -0.15) is 0 Å². The third-order valence-corrected chi connectivity index (χ3v) is 2.85. The molecule has 0 saturated carbocycles. The monoisotopic (exact) mass is 226 g/mol. The number of benzene rings is 1. The van der Waals surface area contributed by atoms with Gasteiger partial charge < -0.3 is 10.1 Å². The summed E-state index contributed by atoms with van der Waals surface area (Å²) >= 11 is 0. The van der Waals surface area contributed by atoms with Crippen molar-refractivity contribution in [3.05, 3.63) is 42.2 Å². The van der Waals surface area contributed by atoms with Gasteiger partial charge in [0.25, 0.3) is 0 Å². The Labute approximate surface area is 100 Å². The highest BCUT2D eigenvalue weighted by Crippen LogP contribution is 2.35. The minimum atomic E-state index is 0.0517. The van der Waals surface area contributed by atoms with Crippen LogP contribution in [0.25, 0.3) is 11.1 Å². The van der Waals surface area contributed by atoms with Gasteiger partial charge in [0.05, 0.1) is 5.69 Å². The molecule has 0 spiro atoms. The zero-order valence-electron chi connectivity index (χ0n) is 9.90. The Kier molecular flexibility index (Phi) is 2.25. The lowest BCUT2D eigenvalue weighted by Crippen LogP contribution is -2.13. The van der Waals surface area contributed by atoms with Crippen LogP contribution in [-0.4, -0.2) is 11.2 Å². The smallest absolute Gasteiger partial charge is 0.167 e.